The number of hydrogen-bond donors (Lipinski definition) is 2. The van der Waals surface area contributed by atoms with Crippen LogP contribution in [0, 0.1) is 6.92 Å². The molecule has 2 N–H and O–H groups in total. The fourth-order valence-corrected chi connectivity index (χ4v) is 1.98. The zero-order valence-corrected chi connectivity index (χ0v) is 10.7. The molecule has 1 aliphatic rings. The molecule has 1 amide bonds. The molecule has 0 aliphatic carbocycles. The number of nitrogens with one attached hydrogen (secondary N) is 2. The van der Waals surface area contributed by atoms with Crippen molar-refractivity contribution in [3.8, 4) is 0 Å². The smallest absolute Gasteiger partial charge is 0.238 e. The second-order valence-corrected chi connectivity index (χ2v) is 4.68. The van der Waals surface area contributed by atoms with Crippen LogP contribution in [0.1, 0.15) is 18.4 Å². The number of carbonyl (C=O) groups excluding carboxylic acids is 1. The van der Waals surface area contributed by atoms with Crippen molar-refractivity contribution in [2.75, 3.05) is 25.1 Å². The zero-order valence-electron chi connectivity index (χ0n) is 10.7. The Labute approximate surface area is 108 Å². The summed E-state index contributed by atoms with van der Waals surface area (Å²) in [5.41, 5.74) is 2.03. The topological polar surface area (TPSA) is 50.4 Å². The van der Waals surface area contributed by atoms with E-state index in [1.165, 1.54) is 5.56 Å². The Balaban J connectivity index is 1.73. The van der Waals surface area contributed by atoms with Crippen molar-refractivity contribution < 1.29 is 9.53 Å². The number of amides is 1. The zero-order chi connectivity index (χ0) is 12.8. The van der Waals surface area contributed by atoms with E-state index in [0.717, 1.165) is 31.7 Å². The van der Waals surface area contributed by atoms with Gasteiger partial charge in [0.05, 0.1) is 6.54 Å². The van der Waals surface area contributed by atoms with E-state index in [2.05, 4.69) is 10.6 Å². The summed E-state index contributed by atoms with van der Waals surface area (Å²) in [6.45, 7) is 3.96. The highest BCUT2D eigenvalue weighted by atomic mass is 16.5. The summed E-state index contributed by atoms with van der Waals surface area (Å²) in [4.78, 5) is 11.7. The molecule has 1 aliphatic heterocycles. The lowest BCUT2D eigenvalue weighted by molar-refractivity contribution is -0.115. The van der Waals surface area contributed by atoms with Crippen molar-refractivity contribution in [1.29, 1.82) is 0 Å². The van der Waals surface area contributed by atoms with Crippen molar-refractivity contribution in [2.45, 2.75) is 25.8 Å². The van der Waals surface area contributed by atoms with E-state index >= 15 is 0 Å². The van der Waals surface area contributed by atoms with Gasteiger partial charge in [-0.2, -0.15) is 0 Å². The van der Waals surface area contributed by atoms with Crippen LogP contribution >= 0.6 is 0 Å². The summed E-state index contributed by atoms with van der Waals surface area (Å²) in [6.07, 6.45) is 1.97. The molecule has 4 heteroatoms. The first kappa shape index (κ1) is 13.1. The quantitative estimate of drug-likeness (QED) is 0.852. The van der Waals surface area contributed by atoms with Gasteiger partial charge in [-0.1, -0.05) is 17.7 Å². The molecule has 0 bridgehead atoms. The van der Waals surface area contributed by atoms with E-state index in [-0.39, 0.29) is 5.91 Å². The summed E-state index contributed by atoms with van der Waals surface area (Å²) < 4.78 is 5.27. The summed E-state index contributed by atoms with van der Waals surface area (Å²) >= 11 is 0. The average molecular weight is 248 g/mol. The van der Waals surface area contributed by atoms with E-state index in [0.29, 0.717) is 12.6 Å². The largest absolute Gasteiger partial charge is 0.381 e. The molecule has 1 fully saturated rings. The first-order chi connectivity index (χ1) is 8.74. The lowest BCUT2D eigenvalue weighted by atomic mass is 10.1. The summed E-state index contributed by atoms with van der Waals surface area (Å²) in [5.74, 6) is 0.00495. The third-order valence-electron chi connectivity index (χ3n) is 3.11. The molecule has 1 saturated heterocycles. The van der Waals surface area contributed by atoms with Gasteiger partial charge in [-0.25, -0.2) is 0 Å². The van der Waals surface area contributed by atoms with Gasteiger partial charge in [0.2, 0.25) is 5.91 Å². The monoisotopic (exact) mass is 248 g/mol. The van der Waals surface area contributed by atoms with Gasteiger partial charge < -0.3 is 15.4 Å². The molecule has 2 rings (SSSR count). The molecule has 1 aromatic rings. The maximum absolute atomic E-state index is 11.7. The number of carbonyl (C=O) groups is 1. The van der Waals surface area contributed by atoms with Crippen LogP contribution in [0.25, 0.3) is 0 Å². The Morgan fingerprint density at radius 2 is 1.94 bits per heavy atom. The van der Waals surface area contributed by atoms with E-state index in [1.807, 2.05) is 31.2 Å². The van der Waals surface area contributed by atoms with Crippen molar-refractivity contribution in [2.24, 2.45) is 0 Å². The molecule has 4 nitrogen and oxygen atoms in total. The van der Waals surface area contributed by atoms with Crippen LogP contribution in [-0.4, -0.2) is 31.7 Å². The molecule has 0 saturated carbocycles. The average Bonchev–Trinajstić information content (AvgIpc) is 2.40. The lowest BCUT2D eigenvalue weighted by Gasteiger charge is -2.22. The van der Waals surface area contributed by atoms with Crippen molar-refractivity contribution in [1.82, 2.24) is 5.32 Å². The molecule has 0 unspecified atom stereocenters. The van der Waals surface area contributed by atoms with Gasteiger partial charge >= 0.3 is 0 Å². The van der Waals surface area contributed by atoms with Crippen LogP contribution < -0.4 is 10.6 Å². The minimum absolute atomic E-state index is 0.00495. The fourth-order valence-electron chi connectivity index (χ4n) is 1.98. The van der Waals surface area contributed by atoms with Gasteiger partial charge in [0.25, 0.3) is 0 Å². The molecule has 18 heavy (non-hydrogen) atoms. The highest BCUT2D eigenvalue weighted by Gasteiger charge is 2.14. The molecule has 1 aromatic carbocycles. The van der Waals surface area contributed by atoms with Crippen LogP contribution in [-0.2, 0) is 9.53 Å². The number of anilines is 1. The van der Waals surface area contributed by atoms with Gasteiger partial charge in [0.1, 0.15) is 0 Å². The fraction of sp³-hybridized carbons (Fsp3) is 0.500. The Morgan fingerprint density at radius 3 is 2.61 bits per heavy atom. The molecular weight excluding hydrogens is 228 g/mol. The van der Waals surface area contributed by atoms with Gasteiger partial charge in [0, 0.05) is 24.9 Å². The molecular formula is C14H20N2O2. The second kappa shape index (κ2) is 6.52. The second-order valence-electron chi connectivity index (χ2n) is 4.68. The molecule has 0 radical (unpaired) electrons. The standard InChI is InChI=1S/C14H20N2O2/c1-11-2-4-13(5-3-11)16-14(17)10-15-12-6-8-18-9-7-12/h2-5,12,15H,6-10H2,1H3,(H,16,17). The summed E-state index contributed by atoms with van der Waals surface area (Å²) in [6, 6.07) is 8.22. The predicted molar refractivity (Wildman–Crippen MR) is 71.7 cm³/mol. The Bertz CT molecular complexity index is 383. The van der Waals surface area contributed by atoms with Gasteiger partial charge in [-0.15, -0.1) is 0 Å². The molecule has 0 spiro atoms. The van der Waals surface area contributed by atoms with E-state index in [9.17, 15) is 4.79 Å². The van der Waals surface area contributed by atoms with Gasteiger partial charge in [-0.05, 0) is 31.9 Å². The Morgan fingerprint density at radius 1 is 1.28 bits per heavy atom. The Kier molecular flexibility index (Phi) is 4.73. The highest BCUT2D eigenvalue weighted by molar-refractivity contribution is 5.92. The number of benzene rings is 1. The lowest BCUT2D eigenvalue weighted by Crippen LogP contribution is -2.39. The van der Waals surface area contributed by atoms with E-state index < -0.39 is 0 Å². The predicted octanol–water partition coefficient (Wildman–Crippen LogP) is 1.70. The first-order valence-corrected chi connectivity index (χ1v) is 6.42. The van der Waals surface area contributed by atoms with Crippen molar-refractivity contribution in [3.05, 3.63) is 29.8 Å². The SMILES string of the molecule is Cc1ccc(NC(=O)CNC2CCOCC2)cc1. The van der Waals surface area contributed by atoms with Crippen LogP contribution in [0.15, 0.2) is 24.3 Å². The normalized spacial score (nSPS) is 16.5. The number of rotatable bonds is 4. The minimum atomic E-state index is 0.00495. The molecule has 1 heterocycles. The first-order valence-electron chi connectivity index (χ1n) is 6.42. The highest BCUT2D eigenvalue weighted by Crippen LogP contribution is 2.09. The number of hydrogen-bond acceptors (Lipinski definition) is 3. The number of ether oxygens (including phenoxy) is 1. The minimum Gasteiger partial charge on any atom is -0.381 e. The van der Waals surface area contributed by atoms with Crippen molar-refractivity contribution >= 4 is 11.6 Å². The van der Waals surface area contributed by atoms with E-state index in [1.54, 1.807) is 0 Å². The number of aryl methyl sites for hydroxylation is 1. The van der Waals surface area contributed by atoms with Crippen LogP contribution in [0.3, 0.4) is 0 Å². The van der Waals surface area contributed by atoms with Gasteiger partial charge in [-0.3, -0.25) is 4.79 Å². The third kappa shape index (κ3) is 4.13. The molecule has 0 aromatic heterocycles. The van der Waals surface area contributed by atoms with Crippen LogP contribution in [0.4, 0.5) is 5.69 Å². The molecule has 98 valence electrons. The summed E-state index contributed by atoms with van der Waals surface area (Å²) in [7, 11) is 0. The maximum Gasteiger partial charge on any atom is 0.238 e. The van der Waals surface area contributed by atoms with Gasteiger partial charge in [0.15, 0.2) is 0 Å². The Hall–Kier alpha value is -1.39. The molecule has 0 atom stereocenters. The third-order valence-corrected chi connectivity index (χ3v) is 3.11. The van der Waals surface area contributed by atoms with E-state index in [4.69, 9.17) is 4.74 Å². The maximum atomic E-state index is 11.7. The van der Waals surface area contributed by atoms with Crippen LogP contribution in [0.2, 0.25) is 0 Å². The van der Waals surface area contributed by atoms with Crippen molar-refractivity contribution in [3.63, 3.8) is 0 Å². The van der Waals surface area contributed by atoms with Crippen LogP contribution in [0.5, 0.6) is 0 Å². The summed E-state index contributed by atoms with van der Waals surface area (Å²) in [5, 5.41) is 6.14.